The van der Waals surface area contributed by atoms with E-state index in [0.29, 0.717) is 5.56 Å². The van der Waals surface area contributed by atoms with E-state index < -0.39 is 33.8 Å². The van der Waals surface area contributed by atoms with E-state index in [0.717, 1.165) is 12.1 Å². The molecule has 0 saturated carbocycles. The lowest BCUT2D eigenvalue weighted by Gasteiger charge is -2.15. The third-order valence-corrected chi connectivity index (χ3v) is 5.37. The summed E-state index contributed by atoms with van der Waals surface area (Å²) in [6.45, 7) is 0. The van der Waals surface area contributed by atoms with Gasteiger partial charge in [-0.2, -0.15) is 4.72 Å². The second-order valence-corrected chi connectivity index (χ2v) is 7.41. The van der Waals surface area contributed by atoms with Gasteiger partial charge < -0.3 is 5.11 Å². The first kappa shape index (κ1) is 17.8. The monoisotopic (exact) mass is 374 g/mol. The molecule has 2 aromatic rings. The van der Waals surface area contributed by atoms with Crippen molar-refractivity contribution in [1.82, 2.24) is 10.0 Å². The van der Waals surface area contributed by atoms with Crippen LogP contribution in [-0.4, -0.2) is 37.3 Å². The van der Waals surface area contributed by atoms with Gasteiger partial charge in [0.05, 0.1) is 16.0 Å². The summed E-state index contributed by atoms with van der Waals surface area (Å²) >= 11 is 0. The highest BCUT2D eigenvalue weighted by Gasteiger charge is 2.30. The Morgan fingerprint density at radius 3 is 2.35 bits per heavy atom. The van der Waals surface area contributed by atoms with Gasteiger partial charge >= 0.3 is 5.97 Å². The number of benzene rings is 2. The second kappa shape index (κ2) is 6.70. The number of sulfonamides is 1. The number of amides is 2. The zero-order chi connectivity index (χ0) is 18.9. The summed E-state index contributed by atoms with van der Waals surface area (Å²) in [5.74, 6) is -2.62. The summed E-state index contributed by atoms with van der Waals surface area (Å²) in [7, 11) is -4.21. The van der Waals surface area contributed by atoms with E-state index >= 15 is 0 Å². The fourth-order valence-electron chi connectivity index (χ4n) is 2.60. The number of imide groups is 1. The predicted molar refractivity (Wildman–Crippen MR) is 90.1 cm³/mol. The van der Waals surface area contributed by atoms with Crippen molar-refractivity contribution < 1.29 is 27.9 Å². The number of hydrogen-bond acceptors (Lipinski definition) is 5. The normalized spacial score (nSPS) is 14.6. The SMILES string of the molecule is O=C1NC(=O)c2cc(S(=O)(=O)NC(Cc3ccccc3)C(=O)O)ccc21. The van der Waals surface area contributed by atoms with E-state index in [9.17, 15) is 27.9 Å². The maximum absolute atomic E-state index is 12.5. The van der Waals surface area contributed by atoms with E-state index in [1.165, 1.54) is 6.07 Å². The molecule has 0 radical (unpaired) electrons. The van der Waals surface area contributed by atoms with Gasteiger partial charge in [0.1, 0.15) is 6.04 Å². The lowest BCUT2D eigenvalue weighted by Crippen LogP contribution is -2.42. The van der Waals surface area contributed by atoms with Crippen molar-refractivity contribution >= 4 is 27.8 Å². The van der Waals surface area contributed by atoms with Crippen LogP contribution in [0.5, 0.6) is 0 Å². The quantitative estimate of drug-likeness (QED) is 0.633. The van der Waals surface area contributed by atoms with E-state index in [1.807, 2.05) is 0 Å². The maximum atomic E-state index is 12.5. The topological polar surface area (TPSA) is 130 Å². The Kier molecular flexibility index (Phi) is 4.58. The molecule has 26 heavy (non-hydrogen) atoms. The lowest BCUT2D eigenvalue weighted by molar-refractivity contribution is -0.138. The van der Waals surface area contributed by atoms with Gasteiger partial charge in [-0.1, -0.05) is 30.3 Å². The van der Waals surface area contributed by atoms with Gasteiger partial charge in [-0.05, 0) is 30.2 Å². The number of nitrogens with one attached hydrogen (secondary N) is 2. The van der Waals surface area contributed by atoms with Gasteiger partial charge in [0.25, 0.3) is 11.8 Å². The van der Waals surface area contributed by atoms with Crippen LogP contribution in [0.4, 0.5) is 0 Å². The molecule has 2 aromatic carbocycles. The van der Waals surface area contributed by atoms with Crippen LogP contribution in [0, 0.1) is 0 Å². The third kappa shape index (κ3) is 3.48. The Hall–Kier alpha value is -3.04. The maximum Gasteiger partial charge on any atom is 0.322 e. The van der Waals surface area contributed by atoms with Crippen LogP contribution < -0.4 is 10.0 Å². The molecule has 1 atom stereocenters. The van der Waals surface area contributed by atoms with Crippen molar-refractivity contribution in [2.24, 2.45) is 0 Å². The molecule has 9 heteroatoms. The number of carbonyl (C=O) groups excluding carboxylic acids is 2. The smallest absolute Gasteiger partial charge is 0.322 e. The fraction of sp³-hybridized carbons (Fsp3) is 0.118. The van der Waals surface area contributed by atoms with Gasteiger partial charge in [-0.15, -0.1) is 0 Å². The van der Waals surface area contributed by atoms with E-state index in [4.69, 9.17) is 0 Å². The molecule has 2 amide bonds. The minimum atomic E-state index is -4.21. The third-order valence-electron chi connectivity index (χ3n) is 3.90. The van der Waals surface area contributed by atoms with Crippen LogP contribution in [0.15, 0.2) is 53.4 Å². The molecule has 1 unspecified atom stereocenters. The highest BCUT2D eigenvalue weighted by molar-refractivity contribution is 7.89. The number of hydrogen-bond donors (Lipinski definition) is 3. The van der Waals surface area contributed by atoms with Crippen molar-refractivity contribution in [1.29, 1.82) is 0 Å². The highest BCUT2D eigenvalue weighted by atomic mass is 32.2. The average molecular weight is 374 g/mol. The summed E-state index contributed by atoms with van der Waals surface area (Å²) in [5, 5.41) is 11.4. The number of carbonyl (C=O) groups is 3. The molecule has 3 N–H and O–H groups in total. The number of carboxylic acids is 1. The molecule has 8 nitrogen and oxygen atoms in total. The molecule has 1 aliphatic rings. The molecular weight excluding hydrogens is 360 g/mol. The number of carboxylic acid groups (broad SMARTS) is 1. The van der Waals surface area contributed by atoms with Crippen molar-refractivity contribution in [3.63, 3.8) is 0 Å². The van der Waals surface area contributed by atoms with E-state index in [1.54, 1.807) is 30.3 Å². The molecule has 1 heterocycles. The van der Waals surface area contributed by atoms with Crippen LogP contribution in [0.3, 0.4) is 0 Å². The van der Waals surface area contributed by atoms with Crippen molar-refractivity contribution in [2.75, 3.05) is 0 Å². The van der Waals surface area contributed by atoms with E-state index in [-0.39, 0.29) is 22.4 Å². The second-order valence-electron chi connectivity index (χ2n) is 5.69. The number of rotatable bonds is 6. The zero-order valence-electron chi connectivity index (χ0n) is 13.3. The lowest BCUT2D eigenvalue weighted by atomic mass is 10.1. The molecule has 3 rings (SSSR count). The first-order valence-corrected chi connectivity index (χ1v) is 9.05. The number of fused-ring (bicyclic) bond motifs is 1. The van der Waals surface area contributed by atoms with Crippen LogP contribution in [0.25, 0.3) is 0 Å². The molecule has 0 saturated heterocycles. The van der Waals surface area contributed by atoms with Gasteiger partial charge in [0.2, 0.25) is 10.0 Å². The minimum absolute atomic E-state index is 0.0423. The molecule has 0 spiro atoms. The molecule has 0 fully saturated rings. The Labute approximate surface area is 148 Å². The van der Waals surface area contributed by atoms with Crippen LogP contribution in [0.1, 0.15) is 26.3 Å². The van der Waals surface area contributed by atoms with Crippen molar-refractivity contribution in [3.8, 4) is 0 Å². The van der Waals surface area contributed by atoms with Gasteiger partial charge in [-0.25, -0.2) is 8.42 Å². The molecule has 0 aliphatic carbocycles. The summed E-state index contributed by atoms with van der Waals surface area (Å²) in [5.41, 5.74) is 0.669. The van der Waals surface area contributed by atoms with Crippen LogP contribution in [0.2, 0.25) is 0 Å². The van der Waals surface area contributed by atoms with Crippen molar-refractivity contribution in [3.05, 3.63) is 65.2 Å². The fourth-order valence-corrected chi connectivity index (χ4v) is 3.81. The first-order valence-electron chi connectivity index (χ1n) is 7.57. The Morgan fingerprint density at radius 2 is 1.69 bits per heavy atom. The molecule has 134 valence electrons. The summed E-state index contributed by atoms with van der Waals surface area (Å²) in [4.78, 5) is 34.4. The largest absolute Gasteiger partial charge is 0.480 e. The van der Waals surface area contributed by atoms with E-state index in [2.05, 4.69) is 10.0 Å². The number of aliphatic carboxylic acids is 1. The summed E-state index contributed by atoms with van der Waals surface area (Å²) in [6.07, 6.45) is -0.0423. The standard InChI is InChI=1S/C17H14N2O6S/c20-15-12-7-6-11(9-13(12)16(21)18-15)26(24,25)19-14(17(22)23)8-10-4-2-1-3-5-10/h1-7,9,14,19H,8H2,(H,22,23)(H,18,20,21). The first-order chi connectivity index (χ1) is 12.3. The highest BCUT2D eigenvalue weighted by Crippen LogP contribution is 2.20. The van der Waals surface area contributed by atoms with Gasteiger partial charge in [0.15, 0.2) is 0 Å². The Bertz CT molecular complexity index is 1000. The molecule has 0 aromatic heterocycles. The molecular formula is C17H14N2O6S. The Balaban J connectivity index is 1.87. The summed E-state index contributed by atoms with van der Waals surface area (Å²) in [6, 6.07) is 10.6. The van der Waals surface area contributed by atoms with Crippen LogP contribution >= 0.6 is 0 Å². The Morgan fingerprint density at radius 1 is 1.04 bits per heavy atom. The predicted octanol–water partition coefficient (Wildman–Crippen LogP) is 0.544. The molecule has 1 aliphatic heterocycles. The minimum Gasteiger partial charge on any atom is -0.480 e. The van der Waals surface area contributed by atoms with Crippen molar-refractivity contribution in [2.45, 2.75) is 17.4 Å². The van der Waals surface area contributed by atoms with Gasteiger partial charge in [0, 0.05) is 0 Å². The molecule has 0 bridgehead atoms. The average Bonchev–Trinajstić information content (AvgIpc) is 2.89. The van der Waals surface area contributed by atoms with Gasteiger partial charge in [-0.3, -0.25) is 19.7 Å². The summed E-state index contributed by atoms with van der Waals surface area (Å²) < 4.78 is 27.2. The van der Waals surface area contributed by atoms with Crippen LogP contribution in [-0.2, 0) is 21.2 Å². The zero-order valence-corrected chi connectivity index (χ0v) is 14.1.